The number of likely N-dealkylation sites (N-methyl/N-ethyl adjacent to an activating group) is 2. The molecule has 0 fully saturated rings. The molecular weight excluding hydrogens is 238 g/mol. The first kappa shape index (κ1) is 15.5. The summed E-state index contributed by atoms with van der Waals surface area (Å²) < 4.78 is 0. The average molecular weight is 263 g/mol. The van der Waals surface area contributed by atoms with E-state index in [2.05, 4.69) is 42.3 Å². The second-order valence-corrected chi connectivity index (χ2v) is 5.43. The number of rotatable bonds is 6. The Morgan fingerprint density at radius 1 is 1.32 bits per heavy atom. The number of aryl methyl sites for hydroxylation is 2. The highest BCUT2D eigenvalue weighted by Crippen LogP contribution is 2.19. The Hall–Kier alpha value is -1.55. The Bertz CT molecular complexity index is 438. The molecule has 106 valence electrons. The summed E-state index contributed by atoms with van der Waals surface area (Å²) in [5.74, 6) is -0.328. The number of amides is 1. The van der Waals surface area contributed by atoms with Gasteiger partial charge in [0.15, 0.2) is 0 Å². The zero-order valence-corrected chi connectivity index (χ0v) is 12.6. The summed E-state index contributed by atoms with van der Waals surface area (Å²) >= 11 is 0. The zero-order chi connectivity index (χ0) is 14.6. The van der Waals surface area contributed by atoms with Gasteiger partial charge in [-0.25, -0.2) is 0 Å². The summed E-state index contributed by atoms with van der Waals surface area (Å²) in [5, 5.41) is 3.17. The van der Waals surface area contributed by atoms with Crippen LogP contribution in [-0.4, -0.2) is 31.6 Å². The lowest BCUT2D eigenvalue weighted by atomic mass is 10.00. The van der Waals surface area contributed by atoms with E-state index >= 15 is 0 Å². The van der Waals surface area contributed by atoms with Crippen LogP contribution in [0.25, 0.3) is 0 Å². The number of benzene rings is 1. The molecule has 0 aliphatic rings. The first-order valence-electron chi connectivity index (χ1n) is 6.63. The summed E-state index contributed by atoms with van der Waals surface area (Å²) in [5.41, 5.74) is 8.32. The predicted molar refractivity (Wildman–Crippen MR) is 80.5 cm³/mol. The number of nitrogens with zero attached hydrogens (tertiary/aromatic N) is 1. The average Bonchev–Trinajstić information content (AvgIpc) is 2.27. The first-order chi connectivity index (χ1) is 8.78. The number of nitrogens with one attached hydrogen (secondary N) is 1. The second-order valence-electron chi connectivity index (χ2n) is 5.43. The molecule has 0 saturated carbocycles. The van der Waals surface area contributed by atoms with E-state index in [1.54, 1.807) is 0 Å². The van der Waals surface area contributed by atoms with Gasteiger partial charge in [-0.3, -0.25) is 4.79 Å². The largest absolute Gasteiger partial charge is 0.372 e. The van der Waals surface area contributed by atoms with E-state index in [0.29, 0.717) is 13.1 Å². The summed E-state index contributed by atoms with van der Waals surface area (Å²) in [6, 6.07) is 6.36. The monoisotopic (exact) mass is 263 g/mol. The summed E-state index contributed by atoms with van der Waals surface area (Å²) in [6.45, 7) is 9.21. The minimum Gasteiger partial charge on any atom is -0.372 e. The van der Waals surface area contributed by atoms with Gasteiger partial charge in [0.2, 0.25) is 5.91 Å². The molecule has 1 aromatic carbocycles. The molecule has 0 aliphatic heterocycles. The molecule has 1 amide bonds. The quantitative estimate of drug-likeness (QED) is 0.819. The lowest BCUT2D eigenvalue weighted by Crippen LogP contribution is -2.59. The van der Waals surface area contributed by atoms with E-state index in [4.69, 9.17) is 5.73 Å². The van der Waals surface area contributed by atoms with Crippen molar-refractivity contribution in [3.05, 3.63) is 29.3 Å². The molecule has 0 radical (unpaired) electrons. The number of carbonyl (C=O) groups is 1. The fraction of sp³-hybridized carbons (Fsp3) is 0.533. The standard InChI is InChI=1S/C15H25N3O/c1-6-17-15(4,14(16)19)10-18(5)13-8-11(2)7-12(3)9-13/h7-9,17H,6,10H2,1-5H3,(H2,16,19). The molecule has 3 N–H and O–H groups in total. The van der Waals surface area contributed by atoms with Crippen molar-refractivity contribution >= 4 is 11.6 Å². The third-order valence-electron chi connectivity index (χ3n) is 3.31. The smallest absolute Gasteiger partial charge is 0.239 e. The van der Waals surface area contributed by atoms with Crippen molar-refractivity contribution in [2.45, 2.75) is 33.2 Å². The van der Waals surface area contributed by atoms with E-state index in [1.807, 2.05) is 20.9 Å². The Kier molecular flexibility index (Phi) is 4.95. The van der Waals surface area contributed by atoms with Crippen LogP contribution in [0.3, 0.4) is 0 Å². The SMILES string of the molecule is CCNC(C)(CN(C)c1cc(C)cc(C)c1)C(N)=O. The van der Waals surface area contributed by atoms with Gasteiger partial charge in [0.05, 0.1) is 0 Å². The van der Waals surface area contributed by atoms with Crippen LogP contribution in [0.15, 0.2) is 18.2 Å². The van der Waals surface area contributed by atoms with Crippen LogP contribution in [0.4, 0.5) is 5.69 Å². The van der Waals surface area contributed by atoms with Crippen LogP contribution in [0.1, 0.15) is 25.0 Å². The van der Waals surface area contributed by atoms with Gasteiger partial charge >= 0.3 is 0 Å². The van der Waals surface area contributed by atoms with Gasteiger partial charge in [0.25, 0.3) is 0 Å². The molecular formula is C15H25N3O. The first-order valence-corrected chi connectivity index (χ1v) is 6.63. The molecule has 19 heavy (non-hydrogen) atoms. The van der Waals surface area contributed by atoms with Crippen LogP contribution < -0.4 is 16.0 Å². The van der Waals surface area contributed by atoms with E-state index in [0.717, 1.165) is 5.69 Å². The normalized spacial score (nSPS) is 13.9. The molecule has 0 aliphatic carbocycles. The molecule has 1 rings (SSSR count). The van der Waals surface area contributed by atoms with Gasteiger partial charge < -0.3 is 16.0 Å². The molecule has 4 heteroatoms. The number of hydrogen-bond donors (Lipinski definition) is 2. The highest BCUT2D eigenvalue weighted by molar-refractivity contribution is 5.85. The van der Waals surface area contributed by atoms with Crippen LogP contribution >= 0.6 is 0 Å². The highest BCUT2D eigenvalue weighted by Gasteiger charge is 2.31. The number of anilines is 1. The van der Waals surface area contributed by atoms with E-state index in [-0.39, 0.29) is 5.91 Å². The molecule has 0 saturated heterocycles. The lowest BCUT2D eigenvalue weighted by Gasteiger charge is -2.33. The predicted octanol–water partition coefficient (Wildman–Crippen LogP) is 1.59. The fourth-order valence-corrected chi connectivity index (χ4v) is 2.35. The van der Waals surface area contributed by atoms with Gasteiger partial charge in [-0.1, -0.05) is 13.0 Å². The van der Waals surface area contributed by atoms with Gasteiger partial charge in [0, 0.05) is 19.3 Å². The molecule has 0 spiro atoms. The van der Waals surface area contributed by atoms with Crippen molar-refractivity contribution in [1.82, 2.24) is 5.32 Å². The van der Waals surface area contributed by atoms with Crippen LogP contribution in [0, 0.1) is 13.8 Å². The number of primary amides is 1. The van der Waals surface area contributed by atoms with Crippen molar-refractivity contribution in [3.8, 4) is 0 Å². The minimum absolute atomic E-state index is 0.328. The molecule has 1 atom stereocenters. The number of nitrogens with two attached hydrogens (primary N) is 1. The molecule has 0 heterocycles. The zero-order valence-electron chi connectivity index (χ0n) is 12.6. The van der Waals surface area contributed by atoms with Gasteiger partial charge in [-0.05, 0) is 50.6 Å². The Balaban J connectivity index is 2.93. The Labute approximate surface area is 116 Å². The molecule has 1 unspecified atom stereocenters. The Morgan fingerprint density at radius 2 is 1.84 bits per heavy atom. The van der Waals surface area contributed by atoms with E-state index in [9.17, 15) is 4.79 Å². The van der Waals surface area contributed by atoms with Crippen LogP contribution in [-0.2, 0) is 4.79 Å². The van der Waals surface area contributed by atoms with Gasteiger partial charge in [-0.2, -0.15) is 0 Å². The third-order valence-corrected chi connectivity index (χ3v) is 3.31. The summed E-state index contributed by atoms with van der Waals surface area (Å²) in [4.78, 5) is 13.7. The van der Waals surface area contributed by atoms with Crippen molar-refractivity contribution in [2.24, 2.45) is 5.73 Å². The van der Waals surface area contributed by atoms with Crippen molar-refractivity contribution in [2.75, 3.05) is 25.0 Å². The maximum atomic E-state index is 11.6. The maximum Gasteiger partial charge on any atom is 0.239 e. The molecule has 1 aromatic rings. The summed E-state index contributed by atoms with van der Waals surface area (Å²) in [7, 11) is 1.98. The minimum atomic E-state index is -0.721. The van der Waals surface area contributed by atoms with Gasteiger partial charge in [-0.15, -0.1) is 0 Å². The molecule has 0 aromatic heterocycles. The van der Waals surface area contributed by atoms with Crippen LogP contribution in [0.2, 0.25) is 0 Å². The van der Waals surface area contributed by atoms with Crippen molar-refractivity contribution in [1.29, 1.82) is 0 Å². The number of carbonyl (C=O) groups excluding carboxylic acids is 1. The van der Waals surface area contributed by atoms with Crippen molar-refractivity contribution < 1.29 is 4.79 Å². The third kappa shape index (κ3) is 3.96. The topological polar surface area (TPSA) is 58.4 Å². The van der Waals surface area contributed by atoms with Crippen molar-refractivity contribution in [3.63, 3.8) is 0 Å². The Morgan fingerprint density at radius 3 is 2.26 bits per heavy atom. The van der Waals surface area contributed by atoms with Crippen LogP contribution in [0.5, 0.6) is 0 Å². The maximum absolute atomic E-state index is 11.6. The fourth-order valence-electron chi connectivity index (χ4n) is 2.35. The molecule has 0 bridgehead atoms. The lowest BCUT2D eigenvalue weighted by molar-refractivity contribution is -0.123. The summed E-state index contributed by atoms with van der Waals surface area (Å²) in [6.07, 6.45) is 0. The van der Waals surface area contributed by atoms with E-state index < -0.39 is 5.54 Å². The second kappa shape index (κ2) is 6.06. The van der Waals surface area contributed by atoms with E-state index in [1.165, 1.54) is 11.1 Å². The highest BCUT2D eigenvalue weighted by atomic mass is 16.1. The van der Waals surface area contributed by atoms with Gasteiger partial charge in [0.1, 0.15) is 5.54 Å². The molecule has 4 nitrogen and oxygen atoms in total. The number of hydrogen-bond acceptors (Lipinski definition) is 3.